The lowest BCUT2D eigenvalue weighted by molar-refractivity contribution is 0.723. The molecule has 2 aromatic rings. The number of benzene rings is 1. The maximum atomic E-state index is 5.75. The van der Waals surface area contributed by atoms with E-state index in [4.69, 9.17) is 5.73 Å². The minimum atomic E-state index is 0.291. The third-order valence-electron chi connectivity index (χ3n) is 2.42. The van der Waals surface area contributed by atoms with Gasteiger partial charge in [-0.15, -0.1) is 11.3 Å². The smallest absolute Gasteiger partial charge is 0.189 e. The van der Waals surface area contributed by atoms with Gasteiger partial charge in [0.05, 0.1) is 12.2 Å². The Bertz CT molecular complexity index is 546. The van der Waals surface area contributed by atoms with E-state index in [2.05, 4.69) is 27.4 Å². The van der Waals surface area contributed by atoms with Gasteiger partial charge in [-0.3, -0.25) is 0 Å². The molecule has 0 aliphatic heterocycles. The van der Waals surface area contributed by atoms with Crippen LogP contribution in [0.15, 0.2) is 40.7 Å². The van der Waals surface area contributed by atoms with E-state index in [0.717, 1.165) is 16.3 Å². The summed E-state index contributed by atoms with van der Waals surface area (Å²) in [6.07, 6.45) is 0. The summed E-state index contributed by atoms with van der Waals surface area (Å²) >= 11 is 1.63. The molecule has 100 valence electrons. The fourth-order valence-corrected chi connectivity index (χ4v) is 2.42. The molecule has 0 saturated carbocycles. The zero-order chi connectivity index (χ0) is 13.7. The molecule has 19 heavy (non-hydrogen) atoms. The first kappa shape index (κ1) is 13.5. The Kier molecular flexibility index (Phi) is 4.52. The number of hydrogen-bond donors (Lipinski definition) is 2. The molecule has 0 radical (unpaired) electrons. The Morgan fingerprint density at radius 3 is 2.79 bits per heavy atom. The van der Waals surface area contributed by atoms with Crippen LogP contribution in [0.2, 0.25) is 0 Å². The van der Waals surface area contributed by atoms with Gasteiger partial charge in [0.25, 0.3) is 0 Å². The summed E-state index contributed by atoms with van der Waals surface area (Å²) in [5, 5.41) is 6.09. The molecule has 1 aromatic heterocycles. The molecule has 0 atom stereocenters. The minimum Gasteiger partial charge on any atom is -0.370 e. The molecule has 0 amide bonds. The molecule has 0 aliphatic carbocycles. The van der Waals surface area contributed by atoms with Crippen molar-refractivity contribution in [1.29, 1.82) is 0 Å². The van der Waals surface area contributed by atoms with Gasteiger partial charge in [0.2, 0.25) is 0 Å². The first-order chi connectivity index (χ1) is 9.15. The van der Waals surface area contributed by atoms with Crippen LogP contribution in [0.1, 0.15) is 19.5 Å². The SMILES string of the molecule is CC(C)NC(N)=NCc1csc(-c2ccccc2)n1. The van der Waals surface area contributed by atoms with Crippen LogP contribution >= 0.6 is 11.3 Å². The van der Waals surface area contributed by atoms with Gasteiger partial charge < -0.3 is 11.1 Å². The standard InChI is InChI=1S/C14H18N4S/c1-10(2)17-14(15)16-8-12-9-19-13(18-12)11-6-4-3-5-7-11/h3-7,9-10H,8H2,1-2H3,(H3,15,16,17). The van der Waals surface area contributed by atoms with Crippen LogP contribution in [-0.4, -0.2) is 17.0 Å². The van der Waals surface area contributed by atoms with Crippen molar-refractivity contribution < 1.29 is 0 Å². The fraction of sp³-hybridized carbons (Fsp3) is 0.286. The molecule has 2 rings (SSSR count). The maximum Gasteiger partial charge on any atom is 0.189 e. The molecule has 3 N–H and O–H groups in total. The van der Waals surface area contributed by atoms with Crippen molar-refractivity contribution in [2.45, 2.75) is 26.4 Å². The number of aromatic nitrogens is 1. The summed E-state index contributed by atoms with van der Waals surface area (Å²) in [7, 11) is 0. The van der Waals surface area contributed by atoms with Crippen molar-refractivity contribution in [2.75, 3.05) is 0 Å². The average molecular weight is 274 g/mol. The van der Waals surface area contributed by atoms with E-state index in [-0.39, 0.29) is 0 Å². The van der Waals surface area contributed by atoms with Crippen LogP contribution in [0.5, 0.6) is 0 Å². The maximum absolute atomic E-state index is 5.75. The average Bonchev–Trinajstić information content (AvgIpc) is 2.85. The molecule has 0 unspecified atom stereocenters. The highest BCUT2D eigenvalue weighted by Crippen LogP contribution is 2.23. The molecule has 0 fully saturated rings. The summed E-state index contributed by atoms with van der Waals surface area (Å²) in [6.45, 7) is 4.56. The van der Waals surface area contributed by atoms with Gasteiger partial charge >= 0.3 is 0 Å². The second kappa shape index (κ2) is 6.33. The number of nitrogens with one attached hydrogen (secondary N) is 1. The Hall–Kier alpha value is -1.88. The third-order valence-corrected chi connectivity index (χ3v) is 3.36. The van der Waals surface area contributed by atoms with E-state index in [1.807, 2.05) is 37.4 Å². The van der Waals surface area contributed by atoms with Crippen molar-refractivity contribution in [3.05, 3.63) is 41.4 Å². The van der Waals surface area contributed by atoms with Crippen molar-refractivity contribution >= 4 is 17.3 Å². The van der Waals surface area contributed by atoms with Crippen LogP contribution in [0, 0.1) is 0 Å². The molecule has 0 bridgehead atoms. The largest absolute Gasteiger partial charge is 0.370 e. The van der Waals surface area contributed by atoms with Crippen LogP contribution < -0.4 is 11.1 Å². The summed E-state index contributed by atoms with van der Waals surface area (Å²) in [6, 6.07) is 10.4. The van der Waals surface area contributed by atoms with Crippen molar-refractivity contribution in [3.8, 4) is 10.6 Å². The first-order valence-corrected chi connectivity index (χ1v) is 7.09. The summed E-state index contributed by atoms with van der Waals surface area (Å²) < 4.78 is 0. The third kappa shape index (κ3) is 4.06. The highest BCUT2D eigenvalue weighted by molar-refractivity contribution is 7.13. The van der Waals surface area contributed by atoms with Gasteiger partial charge in [0.1, 0.15) is 5.01 Å². The van der Waals surface area contributed by atoms with Crippen LogP contribution in [0.4, 0.5) is 0 Å². The van der Waals surface area contributed by atoms with E-state index in [1.165, 1.54) is 0 Å². The number of rotatable bonds is 4. The molecule has 1 aromatic carbocycles. The van der Waals surface area contributed by atoms with E-state index < -0.39 is 0 Å². The molecular weight excluding hydrogens is 256 g/mol. The highest BCUT2D eigenvalue weighted by atomic mass is 32.1. The molecular formula is C14H18N4S. The zero-order valence-corrected chi connectivity index (χ0v) is 11.9. The predicted molar refractivity (Wildman–Crippen MR) is 81.1 cm³/mol. The Morgan fingerprint density at radius 2 is 2.11 bits per heavy atom. The topological polar surface area (TPSA) is 63.3 Å². The van der Waals surface area contributed by atoms with Crippen molar-refractivity contribution in [1.82, 2.24) is 10.3 Å². The van der Waals surface area contributed by atoms with Gasteiger partial charge in [-0.1, -0.05) is 30.3 Å². The zero-order valence-electron chi connectivity index (χ0n) is 11.1. The predicted octanol–water partition coefficient (Wildman–Crippen LogP) is 2.62. The molecule has 4 nitrogen and oxygen atoms in total. The summed E-state index contributed by atoms with van der Waals surface area (Å²) in [5.74, 6) is 0.462. The van der Waals surface area contributed by atoms with Crippen LogP contribution in [0.25, 0.3) is 10.6 Å². The van der Waals surface area contributed by atoms with Crippen molar-refractivity contribution in [2.24, 2.45) is 10.7 Å². The molecule has 5 heteroatoms. The highest BCUT2D eigenvalue weighted by Gasteiger charge is 2.04. The number of aliphatic imine (C=N–C) groups is 1. The number of nitrogens with zero attached hydrogens (tertiary/aromatic N) is 2. The van der Waals surface area contributed by atoms with E-state index in [0.29, 0.717) is 18.5 Å². The summed E-state index contributed by atoms with van der Waals surface area (Å²) in [4.78, 5) is 8.83. The number of guanidine groups is 1. The van der Waals surface area contributed by atoms with E-state index >= 15 is 0 Å². The number of thiazole rings is 1. The lowest BCUT2D eigenvalue weighted by Gasteiger charge is -2.07. The van der Waals surface area contributed by atoms with Crippen LogP contribution in [0.3, 0.4) is 0 Å². The van der Waals surface area contributed by atoms with Gasteiger partial charge in [-0.05, 0) is 13.8 Å². The first-order valence-electron chi connectivity index (χ1n) is 6.21. The van der Waals surface area contributed by atoms with Gasteiger partial charge in [-0.25, -0.2) is 9.98 Å². The Balaban J connectivity index is 2.02. The summed E-state index contributed by atoms with van der Waals surface area (Å²) in [5.41, 5.74) is 7.83. The lowest BCUT2D eigenvalue weighted by atomic mass is 10.2. The van der Waals surface area contributed by atoms with Gasteiger partial charge in [0, 0.05) is 17.0 Å². The fourth-order valence-electron chi connectivity index (χ4n) is 1.60. The molecule has 0 saturated heterocycles. The van der Waals surface area contributed by atoms with Gasteiger partial charge in [0.15, 0.2) is 5.96 Å². The second-order valence-corrected chi connectivity index (χ2v) is 5.37. The lowest BCUT2D eigenvalue weighted by Crippen LogP contribution is -2.36. The normalized spacial score (nSPS) is 11.8. The van der Waals surface area contributed by atoms with E-state index in [1.54, 1.807) is 11.3 Å². The number of hydrogen-bond acceptors (Lipinski definition) is 3. The molecule has 0 spiro atoms. The molecule has 0 aliphatic rings. The quantitative estimate of drug-likeness (QED) is 0.665. The Morgan fingerprint density at radius 1 is 1.37 bits per heavy atom. The Labute approximate surface area is 117 Å². The van der Waals surface area contributed by atoms with Crippen LogP contribution in [-0.2, 0) is 6.54 Å². The molecule has 1 heterocycles. The second-order valence-electron chi connectivity index (χ2n) is 4.51. The minimum absolute atomic E-state index is 0.291. The monoisotopic (exact) mass is 274 g/mol. The number of nitrogens with two attached hydrogens (primary N) is 1. The van der Waals surface area contributed by atoms with Gasteiger partial charge in [-0.2, -0.15) is 0 Å². The van der Waals surface area contributed by atoms with E-state index in [9.17, 15) is 0 Å². The van der Waals surface area contributed by atoms with Crippen molar-refractivity contribution in [3.63, 3.8) is 0 Å².